The summed E-state index contributed by atoms with van der Waals surface area (Å²) in [7, 11) is 0. The lowest BCUT2D eigenvalue weighted by atomic mass is 10.2. The molecule has 3 heteroatoms. The normalized spacial score (nSPS) is 10.8. The first-order chi connectivity index (χ1) is 6.33. The Balaban J connectivity index is 2.64. The van der Waals surface area contributed by atoms with Crippen LogP contribution in [0, 0.1) is 0 Å². The van der Waals surface area contributed by atoms with Gasteiger partial charge in [0.1, 0.15) is 5.75 Å². The van der Waals surface area contributed by atoms with Crippen LogP contribution in [0.5, 0.6) is 5.75 Å². The summed E-state index contributed by atoms with van der Waals surface area (Å²) >= 11 is 3.47. The highest BCUT2D eigenvalue weighted by atomic mass is 32.2. The molecule has 0 amide bonds. The van der Waals surface area contributed by atoms with Gasteiger partial charge in [-0.2, -0.15) is 11.8 Å². The van der Waals surface area contributed by atoms with Gasteiger partial charge in [-0.1, -0.05) is 6.07 Å². The second-order valence-electron chi connectivity index (χ2n) is 2.84. The van der Waals surface area contributed by atoms with E-state index in [1.54, 1.807) is 29.2 Å². The molecule has 13 heavy (non-hydrogen) atoms. The van der Waals surface area contributed by atoms with Crippen LogP contribution < -0.4 is 0 Å². The zero-order valence-electron chi connectivity index (χ0n) is 7.28. The average Bonchev–Trinajstić information content (AvgIpc) is 2.51. The number of thiophene rings is 1. The van der Waals surface area contributed by atoms with Gasteiger partial charge < -0.3 is 5.11 Å². The number of hydrogen-bond acceptors (Lipinski definition) is 3. The van der Waals surface area contributed by atoms with Crippen LogP contribution in [0.3, 0.4) is 0 Å². The number of hydrogen-bond donors (Lipinski definition) is 1. The molecule has 0 aliphatic rings. The first-order valence-corrected chi connectivity index (χ1v) is 6.27. The second-order valence-corrected chi connectivity index (χ2v) is 4.62. The van der Waals surface area contributed by atoms with E-state index in [-0.39, 0.29) is 0 Å². The van der Waals surface area contributed by atoms with E-state index in [9.17, 15) is 5.11 Å². The van der Waals surface area contributed by atoms with Crippen LogP contribution in [-0.2, 0) is 5.75 Å². The highest BCUT2D eigenvalue weighted by Gasteiger charge is 2.06. The Labute approximate surface area is 85.4 Å². The molecule has 1 aromatic heterocycles. The standard InChI is InChI=1S/C10H10OS2/c1-12-5-7-6-13-9-4-2-3-8(11)10(7)9/h2-4,6,11H,5H2,1H3. The zero-order chi connectivity index (χ0) is 9.26. The maximum Gasteiger partial charge on any atom is 0.124 e. The molecule has 0 fully saturated rings. The average molecular weight is 210 g/mol. The molecule has 68 valence electrons. The van der Waals surface area contributed by atoms with Crippen molar-refractivity contribution < 1.29 is 5.11 Å². The van der Waals surface area contributed by atoms with Crippen LogP contribution in [-0.4, -0.2) is 11.4 Å². The van der Waals surface area contributed by atoms with Gasteiger partial charge in [-0.3, -0.25) is 0 Å². The maximum atomic E-state index is 9.66. The second kappa shape index (κ2) is 3.60. The predicted octanol–water partition coefficient (Wildman–Crippen LogP) is 3.47. The molecule has 2 aromatic rings. The summed E-state index contributed by atoms with van der Waals surface area (Å²) in [5.74, 6) is 1.38. The molecule has 1 N–H and O–H groups in total. The fourth-order valence-corrected chi connectivity index (χ4v) is 3.02. The topological polar surface area (TPSA) is 20.2 Å². The summed E-state index contributed by atoms with van der Waals surface area (Å²) in [5.41, 5.74) is 1.24. The number of phenols is 1. The van der Waals surface area contributed by atoms with Crippen molar-refractivity contribution in [3.05, 3.63) is 29.1 Å². The zero-order valence-corrected chi connectivity index (χ0v) is 8.91. The van der Waals surface area contributed by atoms with Gasteiger partial charge in [0.2, 0.25) is 0 Å². The lowest BCUT2D eigenvalue weighted by molar-refractivity contribution is 0.481. The summed E-state index contributed by atoms with van der Waals surface area (Å²) in [6.45, 7) is 0. The summed E-state index contributed by atoms with van der Waals surface area (Å²) in [5, 5.41) is 12.8. The van der Waals surface area contributed by atoms with Crippen molar-refractivity contribution in [2.75, 3.05) is 6.26 Å². The van der Waals surface area contributed by atoms with Crippen molar-refractivity contribution in [1.82, 2.24) is 0 Å². The van der Waals surface area contributed by atoms with E-state index in [1.807, 2.05) is 12.1 Å². The molecule has 0 aliphatic carbocycles. The van der Waals surface area contributed by atoms with E-state index < -0.39 is 0 Å². The lowest BCUT2D eigenvalue weighted by Crippen LogP contribution is -1.76. The van der Waals surface area contributed by atoms with Crippen molar-refractivity contribution in [3.63, 3.8) is 0 Å². The SMILES string of the molecule is CSCc1csc2cccc(O)c12. The quantitative estimate of drug-likeness (QED) is 0.819. The molecule has 0 saturated carbocycles. The molecule has 1 heterocycles. The van der Waals surface area contributed by atoms with E-state index >= 15 is 0 Å². The number of thioether (sulfide) groups is 1. The Morgan fingerprint density at radius 1 is 1.46 bits per heavy atom. The van der Waals surface area contributed by atoms with E-state index in [1.165, 1.54) is 10.3 Å². The third-order valence-corrected chi connectivity index (χ3v) is 3.55. The third kappa shape index (κ3) is 1.54. The fourth-order valence-electron chi connectivity index (χ4n) is 1.40. The molecule has 1 nitrogen and oxygen atoms in total. The van der Waals surface area contributed by atoms with Crippen molar-refractivity contribution in [1.29, 1.82) is 0 Å². The minimum Gasteiger partial charge on any atom is -0.507 e. The first kappa shape index (κ1) is 8.91. The van der Waals surface area contributed by atoms with E-state index in [2.05, 4.69) is 11.6 Å². The van der Waals surface area contributed by atoms with Crippen molar-refractivity contribution >= 4 is 33.2 Å². The first-order valence-electron chi connectivity index (χ1n) is 4.00. The molecular formula is C10H10OS2. The summed E-state index contributed by atoms with van der Waals surface area (Å²) < 4.78 is 1.17. The van der Waals surface area contributed by atoms with E-state index in [0.717, 1.165) is 11.1 Å². The maximum absolute atomic E-state index is 9.66. The number of phenolic OH excluding ortho intramolecular Hbond substituents is 1. The van der Waals surface area contributed by atoms with Crippen LogP contribution in [0.25, 0.3) is 10.1 Å². The Bertz CT molecular complexity index is 420. The largest absolute Gasteiger partial charge is 0.507 e. The third-order valence-electron chi connectivity index (χ3n) is 1.95. The highest BCUT2D eigenvalue weighted by Crippen LogP contribution is 2.34. The summed E-state index contributed by atoms with van der Waals surface area (Å²) in [4.78, 5) is 0. The lowest BCUT2D eigenvalue weighted by Gasteiger charge is -1.98. The molecule has 0 spiro atoms. The predicted molar refractivity (Wildman–Crippen MR) is 60.7 cm³/mol. The van der Waals surface area contributed by atoms with E-state index in [0.29, 0.717) is 5.75 Å². The van der Waals surface area contributed by atoms with Crippen LogP contribution in [0.1, 0.15) is 5.56 Å². The highest BCUT2D eigenvalue weighted by molar-refractivity contribution is 7.97. The molecule has 0 aliphatic heterocycles. The van der Waals surface area contributed by atoms with Crippen molar-refractivity contribution in [2.45, 2.75) is 5.75 Å². The van der Waals surface area contributed by atoms with Gasteiger partial charge in [-0.15, -0.1) is 11.3 Å². The minimum atomic E-state index is 0.405. The van der Waals surface area contributed by atoms with Crippen molar-refractivity contribution in [3.8, 4) is 5.75 Å². The van der Waals surface area contributed by atoms with Crippen LogP contribution in [0.2, 0.25) is 0 Å². The Kier molecular flexibility index (Phi) is 2.47. The number of fused-ring (bicyclic) bond motifs is 1. The van der Waals surface area contributed by atoms with E-state index in [4.69, 9.17) is 0 Å². The van der Waals surface area contributed by atoms with Crippen molar-refractivity contribution in [2.24, 2.45) is 0 Å². The molecule has 0 saturated heterocycles. The van der Waals surface area contributed by atoms with Gasteiger partial charge in [0, 0.05) is 15.8 Å². The Morgan fingerprint density at radius 2 is 2.31 bits per heavy atom. The van der Waals surface area contributed by atoms with Gasteiger partial charge >= 0.3 is 0 Å². The van der Waals surface area contributed by atoms with Crippen LogP contribution in [0.15, 0.2) is 23.6 Å². The van der Waals surface area contributed by atoms with Gasteiger partial charge in [0.15, 0.2) is 0 Å². The van der Waals surface area contributed by atoms with Gasteiger partial charge in [-0.25, -0.2) is 0 Å². The van der Waals surface area contributed by atoms with Gasteiger partial charge in [-0.05, 0) is 29.3 Å². The molecule has 2 rings (SSSR count). The summed E-state index contributed by atoms with van der Waals surface area (Å²) in [6, 6.07) is 5.68. The smallest absolute Gasteiger partial charge is 0.124 e. The molecule has 0 radical (unpaired) electrons. The van der Waals surface area contributed by atoms with Gasteiger partial charge in [0.05, 0.1) is 0 Å². The van der Waals surface area contributed by atoms with Gasteiger partial charge in [0.25, 0.3) is 0 Å². The number of aromatic hydroxyl groups is 1. The molecule has 0 unspecified atom stereocenters. The Hall–Kier alpha value is -0.670. The monoisotopic (exact) mass is 210 g/mol. The molecular weight excluding hydrogens is 200 g/mol. The fraction of sp³-hybridized carbons (Fsp3) is 0.200. The molecule has 0 atom stereocenters. The number of benzene rings is 1. The summed E-state index contributed by atoms with van der Waals surface area (Å²) in [6.07, 6.45) is 2.07. The Morgan fingerprint density at radius 3 is 3.08 bits per heavy atom. The molecule has 1 aromatic carbocycles. The van der Waals surface area contributed by atoms with Crippen LogP contribution >= 0.6 is 23.1 Å². The molecule has 0 bridgehead atoms. The number of rotatable bonds is 2. The minimum absolute atomic E-state index is 0.405. The van der Waals surface area contributed by atoms with Crippen LogP contribution in [0.4, 0.5) is 0 Å².